The monoisotopic (exact) mass is 277 g/mol. The molecule has 0 radical (unpaired) electrons. The summed E-state index contributed by atoms with van der Waals surface area (Å²) in [5, 5.41) is 11.9. The van der Waals surface area contributed by atoms with Gasteiger partial charge in [0.25, 0.3) is 0 Å². The Hall–Kier alpha value is -1.72. The highest BCUT2D eigenvalue weighted by Crippen LogP contribution is 2.15. The van der Waals surface area contributed by atoms with E-state index in [1.54, 1.807) is 17.8 Å². The van der Waals surface area contributed by atoms with Crippen molar-refractivity contribution in [2.24, 2.45) is 0 Å². The van der Waals surface area contributed by atoms with E-state index in [9.17, 15) is 4.79 Å². The molecule has 0 aliphatic rings. The van der Waals surface area contributed by atoms with Gasteiger partial charge in [-0.25, -0.2) is 4.79 Å². The summed E-state index contributed by atoms with van der Waals surface area (Å²) < 4.78 is 5.14. The van der Waals surface area contributed by atoms with E-state index in [4.69, 9.17) is 9.52 Å². The summed E-state index contributed by atoms with van der Waals surface area (Å²) in [6, 6.07) is 13.4. The molecule has 0 aliphatic heterocycles. The molecule has 0 bridgehead atoms. The van der Waals surface area contributed by atoms with Gasteiger partial charge in [0.05, 0.1) is 6.54 Å². The minimum Gasteiger partial charge on any atom is -0.475 e. The Morgan fingerprint density at radius 2 is 2.00 bits per heavy atom. The maximum Gasteiger partial charge on any atom is 0.371 e. The summed E-state index contributed by atoms with van der Waals surface area (Å²) >= 11 is 1.78. The molecule has 1 aromatic heterocycles. The molecule has 2 aromatic rings. The third kappa shape index (κ3) is 4.46. The highest BCUT2D eigenvalue weighted by Gasteiger charge is 2.07. The lowest BCUT2D eigenvalue weighted by Crippen LogP contribution is -2.16. The number of aromatic carboxylic acids is 1. The number of furan rings is 1. The maximum atomic E-state index is 10.6. The van der Waals surface area contributed by atoms with Crippen molar-refractivity contribution in [1.29, 1.82) is 0 Å². The lowest BCUT2D eigenvalue weighted by atomic mass is 10.4. The van der Waals surface area contributed by atoms with Gasteiger partial charge in [0, 0.05) is 17.2 Å². The second-order valence-corrected chi connectivity index (χ2v) is 5.08. The molecular formula is C14H15NO3S. The molecule has 0 fully saturated rings. The number of hydrogen-bond acceptors (Lipinski definition) is 4. The Balaban J connectivity index is 1.65. The predicted molar refractivity (Wildman–Crippen MR) is 74.5 cm³/mol. The number of carboxylic acid groups (broad SMARTS) is 1. The molecule has 0 unspecified atom stereocenters. The highest BCUT2D eigenvalue weighted by molar-refractivity contribution is 7.99. The molecule has 2 rings (SSSR count). The Kier molecular flexibility index (Phi) is 5.06. The van der Waals surface area contributed by atoms with Crippen molar-refractivity contribution in [3.63, 3.8) is 0 Å². The minimum absolute atomic E-state index is 0.0181. The van der Waals surface area contributed by atoms with Crippen LogP contribution < -0.4 is 5.32 Å². The van der Waals surface area contributed by atoms with Gasteiger partial charge in [0.15, 0.2) is 0 Å². The number of benzene rings is 1. The molecule has 0 saturated heterocycles. The minimum atomic E-state index is -1.04. The quantitative estimate of drug-likeness (QED) is 0.602. The number of carbonyl (C=O) groups is 1. The normalized spacial score (nSPS) is 10.5. The molecule has 2 N–H and O–H groups in total. The molecule has 0 spiro atoms. The van der Waals surface area contributed by atoms with Crippen LogP contribution in [0.5, 0.6) is 0 Å². The van der Waals surface area contributed by atoms with Crippen LogP contribution in [0.3, 0.4) is 0 Å². The molecule has 100 valence electrons. The van der Waals surface area contributed by atoms with E-state index < -0.39 is 5.97 Å². The molecule has 1 aromatic carbocycles. The second kappa shape index (κ2) is 7.01. The van der Waals surface area contributed by atoms with E-state index in [-0.39, 0.29) is 5.76 Å². The first kappa shape index (κ1) is 13.7. The Bertz CT molecular complexity index is 524. The largest absolute Gasteiger partial charge is 0.475 e. The van der Waals surface area contributed by atoms with E-state index >= 15 is 0 Å². The van der Waals surface area contributed by atoms with Gasteiger partial charge in [-0.3, -0.25) is 0 Å². The summed E-state index contributed by atoms with van der Waals surface area (Å²) in [6.45, 7) is 1.38. The van der Waals surface area contributed by atoms with Crippen LogP contribution in [-0.2, 0) is 6.54 Å². The zero-order valence-electron chi connectivity index (χ0n) is 10.3. The summed E-state index contributed by atoms with van der Waals surface area (Å²) in [4.78, 5) is 11.9. The van der Waals surface area contributed by atoms with Crippen molar-refractivity contribution >= 4 is 17.7 Å². The Morgan fingerprint density at radius 3 is 2.68 bits per heavy atom. The van der Waals surface area contributed by atoms with Crippen LogP contribution in [0.1, 0.15) is 16.3 Å². The predicted octanol–water partition coefficient (Wildman–Crippen LogP) is 2.86. The average molecular weight is 277 g/mol. The van der Waals surface area contributed by atoms with Gasteiger partial charge < -0.3 is 14.8 Å². The average Bonchev–Trinajstić information content (AvgIpc) is 2.89. The fraction of sp³-hybridized carbons (Fsp3) is 0.214. The van der Waals surface area contributed by atoms with Gasteiger partial charge >= 0.3 is 5.97 Å². The molecule has 1 heterocycles. The van der Waals surface area contributed by atoms with Crippen LogP contribution >= 0.6 is 11.8 Å². The van der Waals surface area contributed by atoms with E-state index in [1.165, 1.54) is 11.0 Å². The summed E-state index contributed by atoms with van der Waals surface area (Å²) in [6.07, 6.45) is 0. The molecule has 0 aliphatic carbocycles. The SMILES string of the molecule is O=C(O)c1ccc(CNCCSc2ccccc2)o1. The van der Waals surface area contributed by atoms with Crippen LogP contribution in [0.2, 0.25) is 0 Å². The van der Waals surface area contributed by atoms with Crippen molar-refractivity contribution in [2.75, 3.05) is 12.3 Å². The fourth-order valence-electron chi connectivity index (χ4n) is 1.56. The van der Waals surface area contributed by atoms with Crippen molar-refractivity contribution in [3.05, 3.63) is 54.0 Å². The summed E-state index contributed by atoms with van der Waals surface area (Å²) in [5.74, 6) is 0.541. The van der Waals surface area contributed by atoms with Gasteiger partial charge in [-0.2, -0.15) is 0 Å². The van der Waals surface area contributed by atoms with Crippen LogP contribution in [0.15, 0.2) is 51.8 Å². The zero-order chi connectivity index (χ0) is 13.5. The third-order valence-corrected chi connectivity index (χ3v) is 3.48. The van der Waals surface area contributed by atoms with E-state index in [2.05, 4.69) is 17.4 Å². The topological polar surface area (TPSA) is 62.5 Å². The van der Waals surface area contributed by atoms with Gasteiger partial charge in [-0.1, -0.05) is 18.2 Å². The lowest BCUT2D eigenvalue weighted by molar-refractivity contribution is 0.0660. The van der Waals surface area contributed by atoms with Crippen LogP contribution in [-0.4, -0.2) is 23.4 Å². The number of thioether (sulfide) groups is 1. The third-order valence-electron chi connectivity index (χ3n) is 2.46. The van der Waals surface area contributed by atoms with Crippen molar-refractivity contribution in [3.8, 4) is 0 Å². The van der Waals surface area contributed by atoms with E-state index in [1.807, 2.05) is 18.2 Å². The molecule has 0 saturated carbocycles. The number of rotatable bonds is 7. The maximum absolute atomic E-state index is 10.6. The number of nitrogens with one attached hydrogen (secondary N) is 1. The van der Waals surface area contributed by atoms with E-state index in [0.717, 1.165) is 12.3 Å². The standard InChI is InChI=1S/C14H15NO3S/c16-14(17)13-7-6-11(18-13)10-15-8-9-19-12-4-2-1-3-5-12/h1-7,15H,8-10H2,(H,16,17). The lowest BCUT2D eigenvalue weighted by Gasteiger charge is -2.03. The Labute approximate surface area is 115 Å². The molecule has 4 nitrogen and oxygen atoms in total. The van der Waals surface area contributed by atoms with Crippen LogP contribution in [0.4, 0.5) is 0 Å². The second-order valence-electron chi connectivity index (χ2n) is 3.91. The molecule has 0 amide bonds. The van der Waals surface area contributed by atoms with Crippen LogP contribution in [0, 0.1) is 0 Å². The zero-order valence-corrected chi connectivity index (χ0v) is 11.2. The molecule has 0 atom stereocenters. The summed E-state index contributed by atoms with van der Waals surface area (Å²) in [7, 11) is 0. The number of carboxylic acids is 1. The van der Waals surface area contributed by atoms with Gasteiger partial charge in [-0.05, 0) is 24.3 Å². The fourth-order valence-corrected chi connectivity index (χ4v) is 2.39. The van der Waals surface area contributed by atoms with Gasteiger partial charge in [-0.15, -0.1) is 11.8 Å². The molecular weight excluding hydrogens is 262 g/mol. The van der Waals surface area contributed by atoms with Gasteiger partial charge in [0.1, 0.15) is 5.76 Å². The highest BCUT2D eigenvalue weighted by atomic mass is 32.2. The first-order valence-corrected chi connectivity index (χ1v) is 6.95. The van der Waals surface area contributed by atoms with Gasteiger partial charge in [0.2, 0.25) is 5.76 Å². The van der Waals surface area contributed by atoms with Crippen molar-refractivity contribution in [2.45, 2.75) is 11.4 Å². The van der Waals surface area contributed by atoms with Crippen molar-refractivity contribution < 1.29 is 14.3 Å². The van der Waals surface area contributed by atoms with Crippen LogP contribution in [0.25, 0.3) is 0 Å². The first-order chi connectivity index (χ1) is 9.25. The molecule has 19 heavy (non-hydrogen) atoms. The molecule has 5 heteroatoms. The smallest absolute Gasteiger partial charge is 0.371 e. The first-order valence-electron chi connectivity index (χ1n) is 5.96. The number of hydrogen-bond donors (Lipinski definition) is 2. The summed E-state index contributed by atoms with van der Waals surface area (Å²) in [5.41, 5.74) is 0. The Morgan fingerprint density at radius 1 is 1.21 bits per heavy atom. The van der Waals surface area contributed by atoms with E-state index in [0.29, 0.717) is 12.3 Å². The van der Waals surface area contributed by atoms with Crippen molar-refractivity contribution in [1.82, 2.24) is 5.32 Å².